The van der Waals surface area contributed by atoms with Crippen molar-refractivity contribution >= 4 is 5.69 Å². The van der Waals surface area contributed by atoms with Crippen LogP contribution in [-0.4, -0.2) is 15.2 Å². The number of rotatable bonds is 5. The lowest BCUT2D eigenvalue weighted by molar-refractivity contribution is 0.463. The number of hydrogen-bond acceptors (Lipinski definition) is 4. The molecule has 0 bridgehead atoms. The molecule has 0 aliphatic carbocycles. The predicted octanol–water partition coefficient (Wildman–Crippen LogP) is 3.21. The van der Waals surface area contributed by atoms with Crippen LogP contribution in [0.2, 0.25) is 0 Å². The molecular weight excluding hydrogens is 252 g/mol. The van der Waals surface area contributed by atoms with Gasteiger partial charge in [-0.25, -0.2) is 4.98 Å². The van der Waals surface area contributed by atoms with E-state index in [4.69, 9.17) is 4.74 Å². The third-order valence-corrected chi connectivity index (χ3v) is 2.74. The van der Waals surface area contributed by atoms with Crippen LogP contribution >= 0.6 is 0 Å². The first-order chi connectivity index (χ1) is 9.90. The third-order valence-electron chi connectivity index (χ3n) is 2.74. The molecule has 5 heteroatoms. The van der Waals surface area contributed by atoms with Crippen LogP contribution in [0.15, 0.2) is 60.9 Å². The minimum absolute atomic E-state index is 0.582. The van der Waals surface area contributed by atoms with Gasteiger partial charge in [0.25, 0.3) is 0 Å². The van der Waals surface area contributed by atoms with Gasteiger partial charge in [-0.15, -0.1) is 0 Å². The second-order valence-electron chi connectivity index (χ2n) is 4.23. The van der Waals surface area contributed by atoms with Crippen molar-refractivity contribution < 1.29 is 4.74 Å². The van der Waals surface area contributed by atoms with Crippen LogP contribution in [0.25, 0.3) is 0 Å². The minimum atomic E-state index is 0.582. The summed E-state index contributed by atoms with van der Waals surface area (Å²) in [5, 5.41) is 10.1. The number of anilines is 1. The Labute approximate surface area is 116 Å². The molecule has 0 atom stereocenters. The molecule has 5 nitrogen and oxygen atoms in total. The quantitative estimate of drug-likeness (QED) is 0.744. The molecule has 1 aromatic carbocycles. The number of aromatic amines is 1. The third kappa shape index (κ3) is 3.14. The van der Waals surface area contributed by atoms with E-state index in [1.54, 1.807) is 12.4 Å². The molecule has 3 rings (SSSR count). The van der Waals surface area contributed by atoms with E-state index in [0.717, 1.165) is 17.1 Å². The number of aromatic nitrogens is 3. The van der Waals surface area contributed by atoms with Gasteiger partial charge in [-0.1, -0.05) is 12.1 Å². The molecule has 0 saturated heterocycles. The van der Waals surface area contributed by atoms with Gasteiger partial charge in [0.2, 0.25) is 5.88 Å². The number of hydrogen-bond donors (Lipinski definition) is 2. The van der Waals surface area contributed by atoms with Crippen LogP contribution in [0.4, 0.5) is 5.69 Å². The molecule has 0 fully saturated rings. The van der Waals surface area contributed by atoms with E-state index in [1.165, 1.54) is 0 Å². The summed E-state index contributed by atoms with van der Waals surface area (Å²) in [6.45, 7) is 0.688. The minimum Gasteiger partial charge on any atom is -0.439 e. The molecule has 0 aliphatic rings. The monoisotopic (exact) mass is 266 g/mol. The van der Waals surface area contributed by atoms with E-state index in [9.17, 15) is 0 Å². The number of ether oxygens (including phenoxy) is 1. The average molecular weight is 266 g/mol. The first kappa shape index (κ1) is 12.2. The summed E-state index contributed by atoms with van der Waals surface area (Å²) in [4.78, 5) is 4.13. The maximum atomic E-state index is 5.68. The molecule has 0 spiro atoms. The van der Waals surface area contributed by atoms with Crippen molar-refractivity contribution in [3.63, 3.8) is 0 Å². The van der Waals surface area contributed by atoms with Gasteiger partial charge in [0.1, 0.15) is 5.75 Å². The molecule has 20 heavy (non-hydrogen) atoms. The van der Waals surface area contributed by atoms with E-state index in [2.05, 4.69) is 20.5 Å². The van der Waals surface area contributed by atoms with Crippen LogP contribution in [0.5, 0.6) is 11.6 Å². The smallest absolute Gasteiger partial charge is 0.219 e. The Kier molecular flexibility index (Phi) is 3.59. The van der Waals surface area contributed by atoms with E-state index >= 15 is 0 Å². The molecule has 2 heterocycles. The average Bonchev–Trinajstić information content (AvgIpc) is 3.00. The number of H-pyrrole nitrogens is 1. The van der Waals surface area contributed by atoms with E-state index in [1.807, 2.05) is 48.5 Å². The molecule has 100 valence electrons. The first-order valence-electron chi connectivity index (χ1n) is 6.31. The van der Waals surface area contributed by atoms with Crippen molar-refractivity contribution in [1.29, 1.82) is 0 Å². The van der Waals surface area contributed by atoms with Crippen LogP contribution in [0.3, 0.4) is 0 Å². The lowest BCUT2D eigenvalue weighted by atomic mass is 10.3. The summed E-state index contributed by atoms with van der Waals surface area (Å²) < 4.78 is 5.68. The molecule has 0 unspecified atom stereocenters. The largest absolute Gasteiger partial charge is 0.439 e. The molecule has 0 saturated carbocycles. The summed E-state index contributed by atoms with van der Waals surface area (Å²) in [5.41, 5.74) is 2.01. The van der Waals surface area contributed by atoms with E-state index < -0.39 is 0 Å². The van der Waals surface area contributed by atoms with Crippen LogP contribution in [0, 0.1) is 0 Å². The molecule has 2 aromatic heterocycles. The normalized spacial score (nSPS) is 10.2. The second-order valence-corrected chi connectivity index (χ2v) is 4.23. The second kappa shape index (κ2) is 5.88. The Balaban J connectivity index is 1.66. The molecule has 2 N–H and O–H groups in total. The lowest BCUT2D eigenvalue weighted by Crippen LogP contribution is -1.99. The Bertz CT molecular complexity index is 653. The Morgan fingerprint density at radius 3 is 2.85 bits per heavy atom. The van der Waals surface area contributed by atoms with Crippen molar-refractivity contribution in [2.45, 2.75) is 6.54 Å². The van der Waals surface area contributed by atoms with Gasteiger partial charge in [-0.2, -0.15) is 5.10 Å². The maximum absolute atomic E-state index is 5.68. The fraction of sp³-hybridized carbons (Fsp3) is 0.0667. The summed E-state index contributed by atoms with van der Waals surface area (Å²) in [6.07, 6.45) is 3.44. The van der Waals surface area contributed by atoms with Crippen LogP contribution < -0.4 is 10.1 Å². The fourth-order valence-corrected chi connectivity index (χ4v) is 1.78. The predicted molar refractivity (Wildman–Crippen MR) is 76.7 cm³/mol. The molecular formula is C15H14N4O. The van der Waals surface area contributed by atoms with E-state index in [0.29, 0.717) is 12.4 Å². The highest BCUT2D eigenvalue weighted by Gasteiger charge is 2.00. The fourth-order valence-electron chi connectivity index (χ4n) is 1.78. The maximum Gasteiger partial charge on any atom is 0.219 e. The standard InChI is InChI=1S/C15H14N4O/c1-2-8-16-15(6-1)20-14-5-3-4-12(10-14)17-11-13-7-9-18-19-13/h1-10,17H,11H2,(H,18,19). The van der Waals surface area contributed by atoms with Gasteiger partial charge < -0.3 is 10.1 Å². The van der Waals surface area contributed by atoms with E-state index in [-0.39, 0.29) is 0 Å². The SMILES string of the molecule is c1ccc(Oc2cccc(NCc3ccn[nH]3)c2)nc1. The van der Waals surface area contributed by atoms with Gasteiger partial charge in [0, 0.05) is 30.2 Å². The number of benzene rings is 1. The Morgan fingerprint density at radius 1 is 1.05 bits per heavy atom. The van der Waals surface area contributed by atoms with Crippen molar-refractivity contribution in [3.8, 4) is 11.6 Å². The number of nitrogens with zero attached hydrogens (tertiary/aromatic N) is 2. The van der Waals surface area contributed by atoms with Gasteiger partial charge in [0.05, 0.1) is 12.2 Å². The van der Waals surface area contributed by atoms with Crippen molar-refractivity contribution in [3.05, 3.63) is 66.6 Å². The summed E-state index contributed by atoms with van der Waals surface area (Å²) >= 11 is 0. The summed E-state index contributed by atoms with van der Waals surface area (Å²) in [6, 6.07) is 15.3. The topological polar surface area (TPSA) is 62.8 Å². The zero-order chi connectivity index (χ0) is 13.6. The van der Waals surface area contributed by atoms with Gasteiger partial charge in [-0.05, 0) is 24.3 Å². The summed E-state index contributed by atoms with van der Waals surface area (Å²) in [7, 11) is 0. The van der Waals surface area contributed by atoms with Crippen molar-refractivity contribution in [2.75, 3.05) is 5.32 Å². The Morgan fingerprint density at radius 2 is 2.05 bits per heavy atom. The zero-order valence-corrected chi connectivity index (χ0v) is 10.8. The first-order valence-corrected chi connectivity index (χ1v) is 6.31. The number of nitrogens with one attached hydrogen (secondary N) is 2. The summed E-state index contributed by atoms with van der Waals surface area (Å²) in [5.74, 6) is 1.33. The van der Waals surface area contributed by atoms with Gasteiger partial charge in [-0.3, -0.25) is 5.10 Å². The highest BCUT2D eigenvalue weighted by molar-refractivity contribution is 5.48. The molecule has 0 radical (unpaired) electrons. The molecule has 3 aromatic rings. The van der Waals surface area contributed by atoms with Gasteiger partial charge in [0.15, 0.2) is 0 Å². The van der Waals surface area contributed by atoms with Crippen LogP contribution in [0.1, 0.15) is 5.69 Å². The molecule has 0 amide bonds. The Hall–Kier alpha value is -2.82. The lowest BCUT2D eigenvalue weighted by Gasteiger charge is -2.08. The molecule has 0 aliphatic heterocycles. The van der Waals surface area contributed by atoms with Crippen molar-refractivity contribution in [2.24, 2.45) is 0 Å². The zero-order valence-electron chi connectivity index (χ0n) is 10.8. The van der Waals surface area contributed by atoms with Crippen molar-refractivity contribution in [1.82, 2.24) is 15.2 Å². The van der Waals surface area contributed by atoms with Crippen LogP contribution in [-0.2, 0) is 6.54 Å². The highest BCUT2D eigenvalue weighted by atomic mass is 16.5. The highest BCUT2D eigenvalue weighted by Crippen LogP contribution is 2.22. The van der Waals surface area contributed by atoms with Gasteiger partial charge >= 0.3 is 0 Å². The number of pyridine rings is 1.